The molecule has 0 bridgehead atoms. The summed E-state index contributed by atoms with van der Waals surface area (Å²) in [7, 11) is 1.57. The third kappa shape index (κ3) is 3.14. The zero-order valence-electron chi connectivity index (χ0n) is 12.2. The summed E-state index contributed by atoms with van der Waals surface area (Å²) in [6.45, 7) is 3.85. The van der Waals surface area contributed by atoms with E-state index in [9.17, 15) is 4.39 Å². The maximum absolute atomic E-state index is 13.9. The van der Waals surface area contributed by atoms with Crippen molar-refractivity contribution >= 4 is 0 Å². The number of halogens is 1. The second-order valence-electron chi connectivity index (χ2n) is 4.95. The summed E-state index contributed by atoms with van der Waals surface area (Å²) in [4.78, 5) is 0. The fourth-order valence-corrected chi connectivity index (χ4v) is 2.21. The van der Waals surface area contributed by atoms with Crippen molar-refractivity contribution in [1.82, 2.24) is 0 Å². The molecule has 0 atom stereocenters. The zero-order chi connectivity index (χ0) is 15.4. The number of benzene rings is 2. The van der Waals surface area contributed by atoms with Gasteiger partial charge in [0.25, 0.3) is 6.26 Å². The first-order chi connectivity index (χ1) is 10.1. The van der Waals surface area contributed by atoms with E-state index in [1.807, 2.05) is 26.0 Å². The van der Waals surface area contributed by atoms with E-state index in [1.165, 1.54) is 12.1 Å². The Hall–Kier alpha value is -2.54. The molecule has 0 fully saturated rings. The Kier molecular flexibility index (Phi) is 4.44. The van der Waals surface area contributed by atoms with Crippen LogP contribution >= 0.6 is 0 Å². The largest absolute Gasteiger partial charge is 0.497 e. The maximum atomic E-state index is 13.9. The minimum Gasteiger partial charge on any atom is -0.497 e. The molecule has 0 amide bonds. The van der Waals surface area contributed by atoms with Crippen molar-refractivity contribution in [2.24, 2.45) is 0 Å². The average molecular weight is 285 g/mol. The summed E-state index contributed by atoms with van der Waals surface area (Å²) >= 11 is 0. The predicted octanol–water partition coefficient (Wildman–Crippen LogP) is 4.48. The molecule has 0 aliphatic carbocycles. The number of methoxy groups -OCH3 is 1. The molecular formula is C17H16FNO2. The van der Waals surface area contributed by atoms with Crippen LogP contribution in [0.25, 0.3) is 11.1 Å². The average Bonchev–Trinajstić information content (AvgIpc) is 2.48. The van der Waals surface area contributed by atoms with Gasteiger partial charge in [0.05, 0.1) is 7.11 Å². The van der Waals surface area contributed by atoms with Gasteiger partial charge in [-0.2, -0.15) is 0 Å². The van der Waals surface area contributed by atoms with Gasteiger partial charge < -0.3 is 9.47 Å². The van der Waals surface area contributed by atoms with Crippen LogP contribution in [0.3, 0.4) is 0 Å². The van der Waals surface area contributed by atoms with Crippen LogP contribution < -0.4 is 9.47 Å². The standard InChI is InChI=1S/C17H16FNO2/c1-11(2)15-8-13(18)9-16(17(15)21-10-19)12-5-4-6-14(7-12)20-3/h4-9,11H,1-3H3. The monoisotopic (exact) mass is 285 g/mol. The smallest absolute Gasteiger partial charge is 0.292 e. The SMILES string of the molecule is COc1cccc(-c2cc(F)cc(C(C)C)c2OC#N)c1. The molecular weight excluding hydrogens is 269 g/mol. The normalized spacial score (nSPS) is 10.3. The van der Waals surface area contributed by atoms with Crippen LogP contribution in [0.2, 0.25) is 0 Å². The number of rotatable bonds is 4. The first-order valence-corrected chi connectivity index (χ1v) is 6.60. The second-order valence-corrected chi connectivity index (χ2v) is 4.95. The molecule has 108 valence electrons. The number of nitriles is 1. The molecule has 0 N–H and O–H groups in total. The van der Waals surface area contributed by atoms with Crippen molar-refractivity contribution in [3.8, 4) is 28.9 Å². The van der Waals surface area contributed by atoms with Crippen LogP contribution in [0.5, 0.6) is 11.5 Å². The highest BCUT2D eigenvalue weighted by Gasteiger charge is 2.17. The molecule has 0 aliphatic heterocycles. The van der Waals surface area contributed by atoms with Crippen molar-refractivity contribution in [1.29, 1.82) is 5.26 Å². The lowest BCUT2D eigenvalue weighted by Crippen LogP contribution is -1.98. The number of hydrogen-bond acceptors (Lipinski definition) is 3. The maximum Gasteiger partial charge on any atom is 0.292 e. The third-order valence-electron chi connectivity index (χ3n) is 3.23. The van der Waals surface area contributed by atoms with Gasteiger partial charge in [-0.15, -0.1) is 5.26 Å². The second kappa shape index (κ2) is 6.27. The lowest BCUT2D eigenvalue weighted by molar-refractivity contribution is 0.415. The first kappa shape index (κ1) is 14.9. The van der Waals surface area contributed by atoms with Gasteiger partial charge in [0.15, 0.2) is 5.75 Å². The number of ether oxygens (including phenoxy) is 2. The lowest BCUT2D eigenvalue weighted by atomic mass is 9.95. The Morgan fingerprint density at radius 1 is 1.19 bits per heavy atom. The molecule has 0 spiro atoms. The lowest BCUT2D eigenvalue weighted by Gasteiger charge is -2.15. The van der Waals surface area contributed by atoms with Crippen molar-refractivity contribution in [3.63, 3.8) is 0 Å². The summed E-state index contributed by atoms with van der Waals surface area (Å²) in [5.41, 5.74) is 1.94. The molecule has 2 rings (SSSR count). The fraction of sp³-hybridized carbons (Fsp3) is 0.235. The van der Waals surface area contributed by atoms with Crippen molar-refractivity contribution in [2.45, 2.75) is 19.8 Å². The van der Waals surface area contributed by atoms with E-state index >= 15 is 0 Å². The highest BCUT2D eigenvalue weighted by atomic mass is 19.1. The van der Waals surface area contributed by atoms with Crippen molar-refractivity contribution in [2.75, 3.05) is 7.11 Å². The molecule has 0 aromatic heterocycles. The van der Waals surface area contributed by atoms with Crippen LogP contribution in [0.15, 0.2) is 36.4 Å². The van der Waals surface area contributed by atoms with Gasteiger partial charge in [-0.05, 0) is 35.7 Å². The van der Waals surface area contributed by atoms with Crippen molar-refractivity contribution < 1.29 is 13.9 Å². The summed E-state index contributed by atoms with van der Waals surface area (Å²) in [5, 5.41) is 8.88. The summed E-state index contributed by atoms with van der Waals surface area (Å²) in [6.07, 6.45) is 1.68. The third-order valence-corrected chi connectivity index (χ3v) is 3.23. The van der Waals surface area contributed by atoms with Crippen LogP contribution in [0.1, 0.15) is 25.3 Å². The summed E-state index contributed by atoms with van der Waals surface area (Å²) in [6, 6.07) is 9.99. The van der Waals surface area contributed by atoms with Gasteiger partial charge in [0.1, 0.15) is 11.6 Å². The molecule has 2 aromatic carbocycles. The minimum atomic E-state index is -0.359. The van der Waals surface area contributed by atoms with E-state index in [2.05, 4.69) is 0 Å². The Morgan fingerprint density at radius 2 is 1.95 bits per heavy atom. The van der Waals surface area contributed by atoms with Crippen LogP contribution in [-0.4, -0.2) is 7.11 Å². The Labute approximate surface area is 123 Å². The van der Waals surface area contributed by atoms with Crippen LogP contribution in [-0.2, 0) is 0 Å². The van der Waals surface area contributed by atoms with E-state index < -0.39 is 0 Å². The Balaban J connectivity index is 2.68. The Morgan fingerprint density at radius 3 is 2.57 bits per heavy atom. The topological polar surface area (TPSA) is 42.2 Å². The van der Waals surface area contributed by atoms with Crippen molar-refractivity contribution in [3.05, 3.63) is 47.8 Å². The molecule has 0 unspecified atom stereocenters. The fourth-order valence-electron chi connectivity index (χ4n) is 2.21. The Bertz CT molecular complexity index is 690. The summed E-state index contributed by atoms with van der Waals surface area (Å²) in [5.74, 6) is 0.725. The van der Waals surface area contributed by atoms with E-state index in [0.717, 1.165) is 5.56 Å². The molecule has 21 heavy (non-hydrogen) atoms. The van der Waals surface area contributed by atoms with Gasteiger partial charge >= 0.3 is 0 Å². The highest BCUT2D eigenvalue weighted by molar-refractivity contribution is 5.74. The molecule has 0 saturated heterocycles. The first-order valence-electron chi connectivity index (χ1n) is 6.60. The van der Waals surface area contributed by atoms with E-state index in [0.29, 0.717) is 22.6 Å². The zero-order valence-corrected chi connectivity index (χ0v) is 12.2. The molecule has 4 heteroatoms. The quantitative estimate of drug-likeness (QED) is 0.777. The van der Waals surface area contributed by atoms with Crippen LogP contribution in [0, 0.1) is 17.3 Å². The van der Waals surface area contributed by atoms with E-state index in [1.54, 1.807) is 25.5 Å². The number of hydrogen-bond donors (Lipinski definition) is 0. The molecule has 0 aliphatic rings. The molecule has 2 aromatic rings. The summed E-state index contributed by atoms with van der Waals surface area (Å²) < 4.78 is 24.2. The predicted molar refractivity (Wildman–Crippen MR) is 78.7 cm³/mol. The van der Waals surface area contributed by atoms with Gasteiger partial charge in [-0.3, -0.25) is 0 Å². The van der Waals surface area contributed by atoms with Gasteiger partial charge in [-0.1, -0.05) is 26.0 Å². The minimum absolute atomic E-state index is 0.0356. The molecule has 0 saturated carbocycles. The van der Waals surface area contributed by atoms with Crippen LogP contribution in [0.4, 0.5) is 4.39 Å². The van der Waals surface area contributed by atoms with Gasteiger partial charge in [-0.25, -0.2) is 4.39 Å². The van der Waals surface area contributed by atoms with E-state index in [-0.39, 0.29) is 11.7 Å². The van der Waals surface area contributed by atoms with E-state index in [4.69, 9.17) is 14.7 Å². The highest BCUT2D eigenvalue weighted by Crippen LogP contribution is 2.38. The molecule has 0 radical (unpaired) electrons. The van der Waals surface area contributed by atoms with Gasteiger partial charge in [0, 0.05) is 11.1 Å². The van der Waals surface area contributed by atoms with Gasteiger partial charge in [0.2, 0.25) is 0 Å². The molecule has 3 nitrogen and oxygen atoms in total. The number of nitrogens with zero attached hydrogens (tertiary/aromatic N) is 1. The molecule has 0 heterocycles.